The van der Waals surface area contributed by atoms with Gasteiger partial charge < -0.3 is 19.5 Å². The van der Waals surface area contributed by atoms with Gasteiger partial charge in [0.1, 0.15) is 5.75 Å². The topological polar surface area (TPSA) is 88.5 Å². The van der Waals surface area contributed by atoms with E-state index in [0.717, 1.165) is 23.2 Å². The average molecular weight is 500 g/mol. The summed E-state index contributed by atoms with van der Waals surface area (Å²) in [7, 11) is -1.95. The summed E-state index contributed by atoms with van der Waals surface area (Å²) < 4.78 is 33.7. The van der Waals surface area contributed by atoms with Crippen LogP contribution in [0.4, 0.5) is 11.4 Å². The zero-order valence-electron chi connectivity index (χ0n) is 19.8. The van der Waals surface area contributed by atoms with Crippen LogP contribution in [0.1, 0.15) is 44.1 Å². The molecule has 34 heavy (non-hydrogen) atoms. The largest absolute Gasteiger partial charge is 0.494 e. The van der Waals surface area contributed by atoms with Gasteiger partial charge in [0.15, 0.2) is 5.11 Å². The van der Waals surface area contributed by atoms with Gasteiger partial charge in [-0.05, 0) is 68.9 Å². The molecule has 0 spiro atoms. The fraction of sp³-hybridized carbons (Fsp3) is 0.333. The van der Waals surface area contributed by atoms with E-state index in [2.05, 4.69) is 58.8 Å². The van der Waals surface area contributed by atoms with Crippen LogP contribution in [0.3, 0.4) is 0 Å². The van der Waals surface area contributed by atoms with Crippen LogP contribution in [0.25, 0.3) is 0 Å². The fourth-order valence-corrected chi connectivity index (χ4v) is 5.00. The van der Waals surface area contributed by atoms with Gasteiger partial charge in [-0.1, -0.05) is 6.07 Å². The van der Waals surface area contributed by atoms with E-state index in [1.807, 2.05) is 29.2 Å². The molecular weight excluding hydrogens is 470 g/mol. The van der Waals surface area contributed by atoms with Gasteiger partial charge in [0.25, 0.3) is 0 Å². The number of rotatable bonds is 6. The van der Waals surface area contributed by atoms with Gasteiger partial charge in [0.05, 0.1) is 36.8 Å². The molecule has 1 aliphatic rings. The number of hydrogen-bond donors (Lipinski definition) is 2. The Balaban J connectivity index is 1.81. The number of anilines is 2. The molecule has 2 atom stereocenters. The molecule has 0 saturated carbocycles. The molecular formula is C24H29N5O3S2. The number of hydrogen-bond acceptors (Lipinski definition) is 5. The number of sulfonamides is 1. The summed E-state index contributed by atoms with van der Waals surface area (Å²) in [6.45, 7) is 6.46. The van der Waals surface area contributed by atoms with Gasteiger partial charge in [-0.3, -0.25) is 9.71 Å². The quantitative estimate of drug-likeness (QED) is 0.492. The highest BCUT2D eigenvalue weighted by molar-refractivity contribution is 7.92. The molecule has 2 N–H and O–H groups in total. The number of methoxy groups -OCH3 is 1. The third-order valence-corrected chi connectivity index (χ3v) is 6.59. The molecule has 0 radical (unpaired) electrons. The molecule has 2 unspecified atom stereocenters. The number of nitrogens with zero attached hydrogens (tertiary/aromatic N) is 3. The third-order valence-electron chi connectivity index (χ3n) is 5.69. The minimum atomic E-state index is -3.45. The normalized spacial score (nSPS) is 18.6. The number of ether oxygens (including phenoxy) is 1. The predicted molar refractivity (Wildman–Crippen MR) is 139 cm³/mol. The van der Waals surface area contributed by atoms with Crippen LogP contribution in [0.2, 0.25) is 0 Å². The second-order valence-corrected chi connectivity index (χ2v) is 11.4. The maximum absolute atomic E-state index is 11.8. The highest BCUT2D eigenvalue weighted by Gasteiger charge is 2.41. The lowest BCUT2D eigenvalue weighted by molar-refractivity contribution is 0.397. The van der Waals surface area contributed by atoms with E-state index < -0.39 is 10.0 Å². The second kappa shape index (κ2) is 8.92. The first-order chi connectivity index (χ1) is 16.0. The van der Waals surface area contributed by atoms with Gasteiger partial charge >= 0.3 is 0 Å². The Hall–Kier alpha value is -3.11. The maximum atomic E-state index is 11.8. The molecule has 0 bridgehead atoms. The van der Waals surface area contributed by atoms with Gasteiger partial charge in [-0.15, -0.1) is 0 Å². The van der Waals surface area contributed by atoms with Crippen molar-refractivity contribution in [2.75, 3.05) is 23.0 Å². The molecule has 3 heterocycles. The van der Waals surface area contributed by atoms with E-state index in [0.29, 0.717) is 16.5 Å². The van der Waals surface area contributed by atoms with Crippen LogP contribution in [0.15, 0.2) is 61.1 Å². The number of pyridine rings is 1. The zero-order chi connectivity index (χ0) is 24.7. The van der Waals surface area contributed by atoms with Crippen LogP contribution in [0.5, 0.6) is 5.75 Å². The lowest BCUT2D eigenvalue weighted by Crippen LogP contribution is -2.29. The molecule has 8 nitrogen and oxygen atoms in total. The molecule has 0 amide bonds. The summed E-state index contributed by atoms with van der Waals surface area (Å²) in [5.74, 6) is 0.401. The highest BCUT2D eigenvalue weighted by Crippen LogP contribution is 2.43. The first kappa shape index (κ1) is 24.0. The van der Waals surface area contributed by atoms with E-state index in [1.54, 1.807) is 18.3 Å². The number of nitrogens with one attached hydrogen (secondary N) is 2. The summed E-state index contributed by atoms with van der Waals surface area (Å²) in [6.07, 6.45) is 7.09. The van der Waals surface area contributed by atoms with Crippen molar-refractivity contribution in [1.29, 1.82) is 0 Å². The summed E-state index contributed by atoms with van der Waals surface area (Å²) in [5, 5.41) is 3.99. The molecule has 1 saturated heterocycles. The molecule has 1 aromatic carbocycles. The third kappa shape index (κ3) is 4.88. The Kier molecular flexibility index (Phi) is 6.30. The fourth-order valence-electron chi connectivity index (χ4n) is 4.09. The molecule has 2 aromatic heterocycles. The van der Waals surface area contributed by atoms with Gasteiger partial charge in [0, 0.05) is 35.9 Å². The van der Waals surface area contributed by atoms with Crippen LogP contribution in [-0.4, -0.2) is 36.4 Å². The van der Waals surface area contributed by atoms with E-state index in [4.69, 9.17) is 17.0 Å². The van der Waals surface area contributed by atoms with E-state index >= 15 is 0 Å². The molecule has 3 aromatic rings. The van der Waals surface area contributed by atoms with Crippen molar-refractivity contribution in [2.45, 2.75) is 38.4 Å². The Morgan fingerprint density at radius 2 is 1.94 bits per heavy atom. The zero-order valence-corrected chi connectivity index (χ0v) is 21.4. The smallest absolute Gasteiger partial charge is 0.229 e. The van der Waals surface area contributed by atoms with Crippen molar-refractivity contribution in [3.8, 4) is 5.75 Å². The summed E-state index contributed by atoms with van der Waals surface area (Å²) in [6, 6.07) is 12.9. The minimum Gasteiger partial charge on any atom is -0.494 e. The monoisotopic (exact) mass is 499 g/mol. The Bertz CT molecular complexity index is 1300. The van der Waals surface area contributed by atoms with Gasteiger partial charge in [-0.2, -0.15) is 0 Å². The molecule has 0 aliphatic carbocycles. The molecule has 180 valence electrons. The van der Waals surface area contributed by atoms with Gasteiger partial charge in [-0.25, -0.2) is 8.42 Å². The van der Waals surface area contributed by atoms with Crippen molar-refractivity contribution in [3.63, 3.8) is 0 Å². The predicted octanol–water partition coefficient (Wildman–Crippen LogP) is 4.20. The van der Waals surface area contributed by atoms with Crippen molar-refractivity contribution < 1.29 is 13.2 Å². The number of aromatic nitrogens is 2. The van der Waals surface area contributed by atoms with Crippen molar-refractivity contribution in [1.82, 2.24) is 14.9 Å². The Morgan fingerprint density at radius 1 is 1.18 bits per heavy atom. The van der Waals surface area contributed by atoms with E-state index in [-0.39, 0.29) is 17.6 Å². The first-order valence-corrected chi connectivity index (χ1v) is 13.1. The van der Waals surface area contributed by atoms with Crippen LogP contribution in [-0.2, 0) is 15.6 Å². The van der Waals surface area contributed by atoms with Crippen molar-refractivity contribution in [3.05, 3.63) is 72.3 Å². The summed E-state index contributed by atoms with van der Waals surface area (Å²) in [4.78, 5) is 6.62. The van der Waals surface area contributed by atoms with Crippen LogP contribution in [0, 0.1) is 0 Å². The van der Waals surface area contributed by atoms with Crippen molar-refractivity contribution in [2.24, 2.45) is 0 Å². The molecule has 10 heteroatoms. The first-order valence-electron chi connectivity index (χ1n) is 10.8. The second-order valence-electron chi connectivity index (χ2n) is 9.28. The highest BCUT2D eigenvalue weighted by atomic mass is 32.2. The van der Waals surface area contributed by atoms with E-state index in [1.165, 1.54) is 7.11 Å². The lowest BCUT2D eigenvalue weighted by Gasteiger charge is -2.28. The number of benzene rings is 1. The molecule has 1 aliphatic heterocycles. The van der Waals surface area contributed by atoms with Crippen molar-refractivity contribution >= 4 is 38.7 Å². The van der Waals surface area contributed by atoms with Crippen LogP contribution < -0.4 is 19.7 Å². The SMILES string of the molecule is COc1cc(N2C(=S)NC(c3ccccn3)C2c2ccn(C(C)(C)C)c2)ccc1NS(C)(=O)=O. The Morgan fingerprint density at radius 3 is 2.53 bits per heavy atom. The number of thiocarbonyl (C=S) groups is 1. The summed E-state index contributed by atoms with van der Waals surface area (Å²) >= 11 is 5.78. The molecule has 4 rings (SSSR count). The lowest BCUT2D eigenvalue weighted by atomic mass is 9.98. The maximum Gasteiger partial charge on any atom is 0.229 e. The standard InChI is InChI=1S/C24H29N5O3S2/c1-24(2,3)28-13-11-16(15-28)22-21(19-8-6-7-12-25-19)26-23(33)29(22)17-9-10-18(20(14-17)32-4)27-34(5,30)31/h6-15,21-22,27H,1-5H3,(H,26,33). The average Bonchev–Trinajstić information content (AvgIpc) is 3.38. The van der Waals surface area contributed by atoms with E-state index in [9.17, 15) is 8.42 Å². The summed E-state index contributed by atoms with van der Waals surface area (Å²) in [5.41, 5.74) is 3.03. The molecule has 1 fully saturated rings. The van der Waals surface area contributed by atoms with Gasteiger partial charge in [0.2, 0.25) is 10.0 Å². The Labute approximate surface area is 206 Å². The minimum absolute atomic E-state index is 0.0711. The van der Waals surface area contributed by atoms with Crippen LogP contribution >= 0.6 is 12.2 Å².